The standard InChI is InChI=1S/C22H19N5O3S/c1-13-3-9-17(10-4-13)27-20-19(21(30)24-12-23-20)26-22(27)31-11-18(29)25-16-7-5-15(6-8-16)14(2)28/h3-10,12H,11H2,1-2H3,(H,25,29)(H,23,24,30). The van der Waals surface area contributed by atoms with Crippen molar-refractivity contribution in [2.45, 2.75) is 19.0 Å². The van der Waals surface area contributed by atoms with Gasteiger partial charge in [-0.2, -0.15) is 0 Å². The number of hydrogen-bond donors (Lipinski definition) is 2. The highest BCUT2D eigenvalue weighted by molar-refractivity contribution is 7.99. The number of fused-ring (bicyclic) bond motifs is 1. The highest BCUT2D eigenvalue weighted by atomic mass is 32.2. The topological polar surface area (TPSA) is 110 Å². The number of aromatic nitrogens is 4. The second-order valence-corrected chi connectivity index (χ2v) is 7.88. The fraction of sp³-hybridized carbons (Fsp3) is 0.136. The molecule has 156 valence electrons. The normalized spacial score (nSPS) is 10.9. The molecule has 0 aliphatic heterocycles. The molecule has 31 heavy (non-hydrogen) atoms. The van der Waals surface area contributed by atoms with E-state index in [9.17, 15) is 14.4 Å². The number of Topliss-reactive ketones (excluding diaryl/α,β-unsaturated/α-hetero) is 1. The van der Waals surface area contributed by atoms with E-state index in [0.29, 0.717) is 22.1 Å². The van der Waals surface area contributed by atoms with Crippen molar-refractivity contribution in [3.63, 3.8) is 0 Å². The van der Waals surface area contributed by atoms with E-state index >= 15 is 0 Å². The van der Waals surface area contributed by atoms with Crippen molar-refractivity contribution in [1.29, 1.82) is 0 Å². The van der Waals surface area contributed by atoms with E-state index in [1.54, 1.807) is 28.8 Å². The molecular weight excluding hydrogens is 414 g/mol. The lowest BCUT2D eigenvalue weighted by atomic mass is 10.1. The Morgan fingerprint density at radius 3 is 2.48 bits per heavy atom. The van der Waals surface area contributed by atoms with Gasteiger partial charge in [0.15, 0.2) is 22.1 Å². The average molecular weight is 433 g/mol. The van der Waals surface area contributed by atoms with E-state index in [2.05, 4.69) is 20.3 Å². The predicted octanol–water partition coefficient (Wildman–Crippen LogP) is 3.35. The van der Waals surface area contributed by atoms with Crippen LogP contribution in [0.2, 0.25) is 0 Å². The van der Waals surface area contributed by atoms with Gasteiger partial charge in [-0.3, -0.25) is 19.0 Å². The molecule has 0 bridgehead atoms. The molecule has 2 aromatic carbocycles. The first-order valence-corrected chi connectivity index (χ1v) is 10.5. The number of aromatic amines is 1. The van der Waals surface area contributed by atoms with Crippen LogP contribution < -0.4 is 10.9 Å². The summed E-state index contributed by atoms with van der Waals surface area (Å²) in [6.07, 6.45) is 1.34. The molecule has 0 spiro atoms. The number of benzene rings is 2. The molecular formula is C22H19N5O3S. The summed E-state index contributed by atoms with van der Waals surface area (Å²) in [6.45, 7) is 3.48. The Balaban J connectivity index is 1.58. The molecule has 0 atom stereocenters. The summed E-state index contributed by atoms with van der Waals surface area (Å²) in [4.78, 5) is 47.3. The number of aryl methyl sites for hydroxylation is 1. The van der Waals surface area contributed by atoms with Crippen LogP contribution in [0.15, 0.2) is 64.8 Å². The van der Waals surface area contributed by atoms with E-state index in [4.69, 9.17) is 0 Å². The number of thioether (sulfide) groups is 1. The Bertz CT molecular complexity index is 1320. The van der Waals surface area contributed by atoms with Crippen LogP contribution in [0.25, 0.3) is 16.9 Å². The third kappa shape index (κ3) is 4.41. The van der Waals surface area contributed by atoms with Crippen molar-refractivity contribution < 1.29 is 9.59 Å². The van der Waals surface area contributed by atoms with E-state index in [-0.39, 0.29) is 28.5 Å². The molecule has 4 aromatic rings. The lowest BCUT2D eigenvalue weighted by Crippen LogP contribution is -2.14. The van der Waals surface area contributed by atoms with Crippen LogP contribution in [-0.2, 0) is 4.79 Å². The molecule has 4 rings (SSSR count). The molecule has 0 radical (unpaired) electrons. The molecule has 0 unspecified atom stereocenters. The first-order chi connectivity index (χ1) is 14.9. The maximum absolute atomic E-state index is 12.5. The summed E-state index contributed by atoms with van der Waals surface area (Å²) < 4.78 is 1.77. The number of hydrogen-bond acceptors (Lipinski definition) is 6. The number of nitrogens with one attached hydrogen (secondary N) is 2. The number of carbonyl (C=O) groups is 2. The Hall–Kier alpha value is -3.72. The summed E-state index contributed by atoms with van der Waals surface area (Å²) in [5.41, 5.74) is 3.38. The number of rotatable bonds is 6. The Morgan fingerprint density at radius 2 is 1.81 bits per heavy atom. The molecule has 0 aliphatic carbocycles. The largest absolute Gasteiger partial charge is 0.325 e. The summed E-state index contributed by atoms with van der Waals surface area (Å²) in [5.74, 6) is -0.182. The van der Waals surface area contributed by atoms with Gasteiger partial charge in [0.1, 0.15) is 0 Å². The van der Waals surface area contributed by atoms with Crippen LogP contribution in [0.5, 0.6) is 0 Å². The molecule has 2 aromatic heterocycles. The van der Waals surface area contributed by atoms with Gasteiger partial charge in [0.2, 0.25) is 5.91 Å². The van der Waals surface area contributed by atoms with Gasteiger partial charge in [-0.1, -0.05) is 29.5 Å². The van der Waals surface area contributed by atoms with Gasteiger partial charge in [-0.05, 0) is 50.2 Å². The zero-order valence-corrected chi connectivity index (χ0v) is 17.7. The number of H-pyrrole nitrogens is 1. The van der Waals surface area contributed by atoms with E-state index < -0.39 is 0 Å². The van der Waals surface area contributed by atoms with Crippen LogP contribution in [0.3, 0.4) is 0 Å². The van der Waals surface area contributed by atoms with Crippen LogP contribution in [0.4, 0.5) is 5.69 Å². The molecule has 2 N–H and O–H groups in total. The van der Waals surface area contributed by atoms with Gasteiger partial charge in [-0.15, -0.1) is 0 Å². The maximum Gasteiger partial charge on any atom is 0.278 e. The van der Waals surface area contributed by atoms with E-state index in [1.165, 1.54) is 25.0 Å². The van der Waals surface area contributed by atoms with Crippen molar-refractivity contribution in [1.82, 2.24) is 19.5 Å². The zero-order chi connectivity index (χ0) is 22.0. The van der Waals surface area contributed by atoms with Crippen molar-refractivity contribution in [3.05, 3.63) is 76.3 Å². The van der Waals surface area contributed by atoms with Gasteiger partial charge in [0, 0.05) is 16.9 Å². The molecule has 8 nitrogen and oxygen atoms in total. The monoisotopic (exact) mass is 433 g/mol. The van der Waals surface area contributed by atoms with Crippen molar-refractivity contribution in [2.75, 3.05) is 11.1 Å². The highest BCUT2D eigenvalue weighted by Crippen LogP contribution is 2.26. The minimum atomic E-state index is -0.340. The Morgan fingerprint density at radius 1 is 1.10 bits per heavy atom. The average Bonchev–Trinajstić information content (AvgIpc) is 3.13. The van der Waals surface area contributed by atoms with Crippen LogP contribution in [0, 0.1) is 6.92 Å². The highest BCUT2D eigenvalue weighted by Gasteiger charge is 2.17. The fourth-order valence-corrected chi connectivity index (χ4v) is 3.83. The summed E-state index contributed by atoms with van der Waals surface area (Å²) in [6, 6.07) is 14.5. The Kier molecular flexibility index (Phi) is 5.68. The number of imidazole rings is 1. The lowest BCUT2D eigenvalue weighted by molar-refractivity contribution is -0.113. The number of carbonyl (C=O) groups excluding carboxylic acids is 2. The molecule has 2 heterocycles. The van der Waals surface area contributed by atoms with Crippen molar-refractivity contribution in [2.24, 2.45) is 0 Å². The molecule has 0 saturated carbocycles. The summed E-state index contributed by atoms with van der Waals surface area (Å²) in [7, 11) is 0. The number of ketones is 1. The minimum absolute atomic E-state index is 0.0352. The van der Waals surface area contributed by atoms with Gasteiger partial charge >= 0.3 is 0 Å². The van der Waals surface area contributed by atoms with Gasteiger partial charge < -0.3 is 10.3 Å². The number of nitrogens with zero attached hydrogens (tertiary/aromatic N) is 3. The van der Waals surface area contributed by atoms with Gasteiger partial charge in [0.25, 0.3) is 5.56 Å². The molecule has 0 saturated heterocycles. The molecule has 0 fully saturated rings. The van der Waals surface area contributed by atoms with Gasteiger partial charge in [0.05, 0.1) is 12.1 Å². The second-order valence-electron chi connectivity index (χ2n) is 6.94. The third-order valence-electron chi connectivity index (χ3n) is 4.62. The van der Waals surface area contributed by atoms with E-state index in [0.717, 1.165) is 11.3 Å². The fourth-order valence-electron chi connectivity index (χ4n) is 3.02. The van der Waals surface area contributed by atoms with Crippen molar-refractivity contribution >= 4 is 40.3 Å². The van der Waals surface area contributed by atoms with Gasteiger partial charge in [-0.25, -0.2) is 9.97 Å². The zero-order valence-electron chi connectivity index (χ0n) is 16.9. The summed E-state index contributed by atoms with van der Waals surface area (Å²) >= 11 is 1.21. The lowest BCUT2D eigenvalue weighted by Gasteiger charge is -2.09. The van der Waals surface area contributed by atoms with E-state index in [1.807, 2.05) is 31.2 Å². The number of amides is 1. The maximum atomic E-state index is 12.5. The molecule has 9 heteroatoms. The third-order valence-corrected chi connectivity index (χ3v) is 5.56. The minimum Gasteiger partial charge on any atom is -0.325 e. The van der Waals surface area contributed by atoms with Crippen LogP contribution >= 0.6 is 11.8 Å². The molecule has 1 amide bonds. The van der Waals surface area contributed by atoms with Crippen LogP contribution in [0.1, 0.15) is 22.8 Å². The SMILES string of the molecule is CC(=O)c1ccc(NC(=O)CSc2nc3c(=O)[nH]cnc3n2-c2ccc(C)cc2)cc1. The summed E-state index contributed by atoms with van der Waals surface area (Å²) in [5, 5.41) is 3.29. The quantitative estimate of drug-likeness (QED) is 0.356. The predicted molar refractivity (Wildman–Crippen MR) is 120 cm³/mol. The first kappa shape index (κ1) is 20.5. The van der Waals surface area contributed by atoms with Crippen LogP contribution in [-0.4, -0.2) is 37.0 Å². The smallest absolute Gasteiger partial charge is 0.278 e. The second kappa shape index (κ2) is 8.57. The first-order valence-electron chi connectivity index (χ1n) is 9.49. The Labute approximate surface area is 181 Å². The number of anilines is 1. The van der Waals surface area contributed by atoms with Crippen molar-refractivity contribution in [3.8, 4) is 5.69 Å². The molecule has 0 aliphatic rings.